The summed E-state index contributed by atoms with van der Waals surface area (Å²) in [5.74, 6) is 0. The zero-order valence-electron chi connectivity index (χ0n) is 10.2. The van der Waals surface area contributed by atoms with Gasteiger partial charge in [-0.25, -0.2) is 0 Å². The SMILES string of the molecule is N#CCNc1cc(Cl)c(Cl)c2[nH]cc(-c3cn[nH]c3)c12. The molecule has 0 radical (unpaired) electrons. The molecule has 0 aliphatic rings. The molecule has 7 heteroatoms. The summed E-state index contributed by atoms with van der Waals surface area (Å²) in [6, 6.07) is 3.77. The molecule has 0 amide bonds. The number of rotatable bonds is 3. The van der Waals surface area contributed by atoms with Crippen molar-refractivity contribution < 1.29 is 0 Å². The van der Waals surface area contributed by atoms with E-state index in [0.717, 1.165) is 27.7 Å². The molecule has 3 rings (SSSR count). The Labute approximate surface area is 124 Å². The van der Waals surface area contributed by atoms with Gasteiger partial charge < -0.3 is 10.3 Å². The number of anilines is 1. The van der Waals surface area contributed by atoms with Gasteiger partial charge in [0.1, 0.15) is 6.54 Å². The molecule has 0 bridgehead atoms. The van der Waals surface area contributed by atoms with E-state index in [4.69, 9.17) is 28.5 Å². The molecule has 100 valence electrons. The highest BCUT2D eigenvalue weighted by atomic mass is 35.5. The number of hydrogen-bond acceptors (Lipinski definition) is 3. The zero-order valence-corrected chi connectivity index (χ0v) is 11.7. The normalized spacial score (nSPS) is 10.7. The average molecular weight is 306 g/mol. The highest BCUT2D eigenvalue weighted by Crippen LogP contribution is 2.40. The molecule has 0 aliphatic carbocycles. The summed E-state index contributed by atoms with van der Waals surface area (Å²) in [6.45, 7) is 0.184. The minimum atomic E-state index is 0.184. The first-order valence-corrected chi connectivity index (χ1v) is 6.57. The van der Waals surface area contributed by atoms with E-state index in [1.54, 1.807) is 18.5 Å². The van der Waals surface area contributed by atoms with Crippen molar-refractivity contribution in [1.82, 2.24) is 15.2 Å². The van der Waals surface area contributed by atoms with E-state index < -0.39 is 0 Å². The third kappa shape index (κ3) is 1.99. The van der Waals surface area contributed by atoms with Crippen LogP contribution in [0, 0.1) is 11.3 Å². The van der Waals surface area contributed by atoms with Gasteiger partial charge in [-0.15, -0.1) is 0 Å². The third-order valence-electron chi connectivity index (χ3n) is 3.02. The van der Waals surface area contributed by atoms with Gasteiger partial charge in [-0.3, -0.25) is 5.10 Å². The molecule has 0 unspecified atom stereocenters. The molecular formula is C13H9Cl2N5. The lowest BCUT2D eigenvalue weighted by molar-refractivity contribution is 1.09. The van der Waals surface area contributed by atoms with Gasteiger partial charge >= 0.3 is 0 Å². The van der Waals surface area contributed by atoms with Crippen LogP contribution in [0.3, 0.4) is 0 Å². The smallest absolute Gasteiger partial charge is 0.103 e. The van der Waals surface area contributed by atoms with Gasteiger partial charge in [0.05, 0.1) is 27.8 Å². The molecule has 0 aliphatic heterocycles. The standard InChI is InChI=1S/C13H9Cl2N5/c14-9-3-10(17-2-1-16)11-8(7-4-19-20-5-7)6-18-13(11)12(9)15/h3-6,17-18H,2H2,(H,19,20). The Morgan fingerprint density at radius 3 is 2.90 bits per heavy atom. The van der Waals surface area contributed by atoms with Crippen LogP contribution in [0.1, 0.15) is 0 Å². The van der Waals surface area contributed by atoms with Crippen LogP contribution in [0.2, 0.25) is 10.0 Å². The zero-order chi connectivity index (χ0) is 14.1. The number of hydrogen-bond donors (Lipinski definition) is 3. The first-order valence-electron chi connectivity index (χ1n) is 5.81. The minimum Gasteiger partial charge on any atom is -0.372 e. The van der Waals surface area contributed by atoms with Crippen LogP contribution in [-0.4, -0.2) is 21.7 Å². The van der Waals surface area contributed by atoms with E-state index in [0.29, 0.717) is 10.0 Å². The van der Waals surface area contributed by atoms with E-state index in [2.05, 4.69) is 20.5 Å². The number of aromatic amines is 2. The second kappa shape index (κ2) is 5.08. The molecule has 1 aromatic carbocycles. The van der Waals surface area contributed by atoms with Crippen molar-refractivity contribution in [3.05, 3.63) is 34.7 Å². The van der Waals surface area contributed by atoms with Crippen molar-refractivity contribution in [2.24, 2.45) is 0 Å². The Hall–Kier alpha value is -2.16. The van der Waals surface area contributed by atoms with Crippen molar-refractivity contribution in [3.8, 4) is 17.2 Å². The van der Waals surface area contributed by atoms with Gasteiger partial charge in [0.25, 0.3) is 0 Å². The molecular weight excluding hydrogens is 297 g/mol. The Kier molecular flexibility index (Phi) is 3.26. The fourth-order valence-electron chi connectivity index (χ4n) is 2.16. The minimum absolute atomic E-state index is 0.184. The number of fused-ring (bicyclic) bond motifs is 1. The summed E-state index contributed by atoms with van der Waals surface area (Å²) in [7, 11) is 0. The Morgan fingerprint density at radius 2 is 2.20 bits per heavy atom. The van der Waals surface area contributed by atoms with Gasteiger partial charge in [0.2, 0.25) is 0 Å². The van der Waals surface area contributed by atoms with E-state index in [-0.39, 0.29) is 6.54 Å². The van der Waals surface area contributed by atoms with Crippen LogP contribution in [0.5, 0.6) is 0 Å². The Morgan fingerprint density at radius 1 is 1.35 bits per heavy atom. The number of H-pyrrole nitrogens is 2. The van der Waals surface area contributed by atoms with Crippen molar-refractivity contribution in [2.45, 2.75) is 0 Å². The number of nitrogens with zero attached hydrogens (tertiary/aromatic N) is 2. The maximum atomic E-state index is 8.73. The van der Waals surface area contributed by atoms with E-state index in [1.165, 1.54) is 0 Å². The second-order valence-electron chi connectivity index (χ2n) is 4.17. The lowest BCUT2D eigenvalue weighted by Crippen LogP contribution is -1.99. The van der Waals surface area contributed by atoms with Crippen molar-refractivity contribution >= 4 is 39.8 Å². The maximum absolute atomic E-state index is 8.73. The summed E-state index contributed by atoms with van der Waals surface area (Å²) >= 11 is 12.3. The van der Waals surface area contributed by atoms with Crippen LogP contribution in [0.25, 0.3) is 22.0 Å². The van der Waals surface area contributed by atoms with Gasteiger partial charge in [-0.2, -0.15) is 10.4 Å². The summed E-state index contributed by atoms with van der Waals surface area (Å²) in [5.41, 5.74) is 3.35. The van der Waals surface area contributed by atoms with Crippen LogP contribution in [0.4, 0.5) is 5.69 Å². The van der Waals surface area contributed by atoms with Gasteiger partial charge in [-0.05, 0) is 6.07 Å². The molecule has 0 atom stereocenters. The summed E-state index contributed by atoms with van der Waals surface area (Å²) < 4.78 is 0. The van der Waals surface area contributed by atoms with E-state index in [9.17, 15) is 0 Å². The third-order valence-corrected chi connectivity index (χ3v) is 3.80. The molecule has 0 fully saturated rings. The fraction of sp³-hybridized carbons (Fsp3) is 0.0769. The average Bonchev–Trinajstić information content (AvgIpc) is 3.09. The van der Waals surface area contributed by atoms with Crippen molar-refractivity contribution in [2.75, 3.05) is 11.9 Å². The quantitative estimate of drug-likeness (QED) is 0.644. The molecule has 0 saturated carbocycles. The summed E-state index contributed by atoms with van der Waals surface area (Å²) in [6.07, 6.45) is 5.35. The van der Waals surface area contributed by atoms with Crippen LogP contribution < -0.4 is 5.32 Å². The molecule has 20 heavy (non-hydrogen) atoms. The monoisotopic (exact) mass is 305 g/mol. The molecule has 2 aromatic heterocycles. The number of nitrogens with one attached hydrogen (secondary N) is 3. The molecule has 0 spiro atoms. The fourth-order valence-corrected chi connectivity index (χ4v) is 2.57. The largest absolute Gasteiger partial charge is 0.372 e. The molecule has 0 saturated heterocycles. The molecule has 2 heterocycles. The number of nitriles is 1. The molecule has 5 nitrogen and oxygen atoms in total. The second-order valence-corrected chi connectivity index (χ2v) is 4.96. The number of halogens is 2. The van der Waals surface area contributed by atoms with Crippen LogP contribution >= 0.6 is 23.2 Å². The lowest BCUT2D eigenvalue weighted by atomic mass is 10.1. The Bertz CT molecular complexity index is 798. The summed E-state index contributed by atoms with van der Waals surface area (Å²) in [5, 5.41) is 20.3. The Balaban J connectivity index is 2.28. The highest BCUT2D eigenvalue weighted by Gasteiger charge is 2.16. The first-order chi connectivity index (χ1) is 9.72. The first kappa shape index (κ1) is 12.9. The number of aromatic nitrogens is 3. The van der Waals surface area contributed by atoms with Gasteiger partial charge in [-0.1, -0.05) is 23.2 Å². The highest BCUT2D eigenvalue weighted by molar-refractivity contribution is 6.46. The van der Waals surface area contributed by atoms with Crippen molar-refractivity contribution in [1.29, 1.82) is 5.26 Å². The van der Waals surface area contributed by atoms with E-state index >= 15 is 0 Å². The van der Waals surface area contributed by atoms with Gasteiger partial charge in [0, 0.05) is 34.6 Å². The predicted octanol–water partition coefficient (Wildman–Crippen LogP) is 3.80. The predicted molar refractivity (Wildman–Crippen MR) is 80.0 cm³/mol. The van der Waals surface area contributed by atoms with Crippen LogP contribution in [0.15, 0.2) is 24.7 Å². The van der Waals surface area contributed by atoms with Gasteiger partial charge in [0.15, 0.2) is 0 Å². The van der Waals surface area contributed by atoms with Crippen molar-refractivity contribution in [3.63, 3.8) is 0 Å². The summed E-state index contributed by atoms with van der Waals surface area (Å²) in [4.78, 5) is 3.12. The molecule has 3 N–H and O–H groups in total. The van der Waals surface area contributed by atoms with Crippen LogP contribution in [-0.2, 0) is 0 Å². The number of benzene rings is 1. The van der Waals surface area contributed by atoms with E-state index in [1.807, 2.05) is 12.3 Å². The lowest BCUT2D eigenvalue weighted by Gasteiger charge is -2.08. The molecule has 3 aromatic rings. The topological polar surface area (TPSA) is 80.3 Å². The maximum Gasteiger partial charge on any atom is 0.103 e.